The Morgan fingerprint density at radius 1 is 1.15 bits per heavy atom. The maximum atomic E-state index is 11.9. The van der Waals surface area contributed by atoms with Crippen molar-refractivity contribution in [3.63, 3.8) is 0 Å². The molecule has 1 saturated carbocycles. The molecule has 26 heavy (non-hydrogen) atoms. The molecule has 1 N–H and O–H groups in total. The Bertz CT molecular complexity index is 730. The molecule has 8 heteroatoms. The lowest BCUT2D eigenvalue weighted by atomic mass is 9.96. The number of anilines is 1. The van der Waals surface area contributed by atoms with Crippen LogP contribution < -0.4 is 5.32 Å². The summed E-state index contributed by atoms with van der Waals surface area (Å²) in [4.78, 5) is 23.7. The van der Waals surface area contributed by atoms with Crippen molar-refractivity contribution in [2.45, 2.75) is 42.5 Å². The van der Waals surface area contributed by atoms with Crippen LogP contribution in [0, 0.1) is 0 Å². The monoisotopic (exact) mass is 391 g/mol. The average Bonchev–Trinajstić information content (AvgIpc) is 3.13. The highest BCUT2D eigenvalue weighted by Crippen LogP contribution is 2.28. The van der Waals surface area contributed by atoms with Crippen LogP contribution in [-0.4, -0.2) is 40.4 Å². The minimum absolute atomic E-state index is 0.111. The summed E-state index contributed by atoms with van der Waals surface area (Å²) >= 11 is 2.72. The Kier molecular flexibility index (Phi) is 7.02. The molecule has 0 amide bonds. The van der Waals surface area contributed by atoms with Gasteiger partial charge in [0.15, 0.2) is 16.7 Å². The van der Waals surface area contributed by atoms with E-state index in [1.165, 1.54) is 55.2 Å². The number of nitrogens with one attached hydrogen (secondary N) is 1. The van der Waals surface area contributed by atoms with E-state index in [9.17, 15) is 9.59 Å². The highest BCUT2D eigenvalue weighted by Gasteiger charge is 2.16. The minimum Gasteiger partial charge on any atom is -0.457 e. The molecule has 0 atom stereocenters. The summed E-state index contributed by atoms with van der Waals surface area (Å²) in [6.07, 6.45) is 6.16. The van der Waals surface area contributed by atoms with Gasteiger partial charge >= 0.3 is 5.97 Å². The van der Waals surface area contributed by atoms with Crippen molar-refractivity contribution in [1.82, 2.24) is 10.2 Å². The maximum absolute atomic E-state index is 11.9. The highest BCUT2D eigenvalue weighted by atomic mass is 32.2. The number of carbonyl (C=O) groups is 2. The largest absolute Gasteiger partial charge is 0.457 e. The van der Waals surface area contributed by atoms with Crippen molar-refractivity contribution in [2.75, 3.05) is 17.7 Å². The van der Waals surface area contributed by atoms with Crippen LogP contribution in [0.25, 0.3) is 0 Å². The second kappa shape index (κ2) is 9.68. The molecular weight excluding hydrogens is 370 g/mol. The molecule has 1 aromatic heterocycles. The molecule has 0 spiro atoms. The van der Waals surface area contributed by atoms with Gasteiger partial charge in [-0.25, -0.2) is 0 Å². The first-order chi connectivity index (χ1) is 12.7. The van der Waals surface area contributed by atoms with Crippen molar-refractivity contribution in [3.8, 4) is 0 Å². The smallest absolute Gasteiger partial charge is 0.316 e. The molecule has 0 radical (unpaired) electrons. The Hall–Kier alpha value is -1.93. The van der Waals surface area contributed by atoms with Gasteiger partial charge in [0, 0.05) is 11.6 Å². The molecule has 0 bridgehead atoms. The van der Waals surface area contributed by atoms with E-state index in [0.717, 1.165) is 9.47 Å². The minimum atomic E-state index is -0.434. The zero-order valence-corrected chi connectivity index (χ0v) is 16.0. The van der Waals surface area contributed by atoms with Crippen molar-refractivity contribution < 1.29 is 14.3 Å². The second-order valence-corrected chi connectivity index (χ2v) is 8.29. The molecule has 1 heterocycles. The Balaban J connectivity index is 1.38. The highest BCUT2D eigenvalue weighted by molar-refractivity contribution is 8.01. The van der Waals surface area contributed by atoms with E-state index >= 15 is 0 Å². The molecule has 1 fully saturated rings. The van der Waals surface area contributed by atoms with Crippen molar-refractivity contribution in [3.05, 3.63) is 35.9 Å². The quantitative estimate of drug-likeness (QED) is 0.416. The van der Waals surface area contributed by atoms with Crippen LogP contribution in [0.1, 0.15) is 42.5 Å². The van der Waals surface area contributed by atoms with Gasteiger partial charge in [0.25, 0.3) is 0 Å². The topological polar surface area (TPSA) is 81.2 Å². The number of nitrogens with zero attached hydrogens (tertiary/aromatic N) is 2. The predicted molar refractivity (Wildman–Crippen MR) is 103 cm³/mol. The number of aromatic nitrogens is 2. The van der Waals surface area contributed by atoms with E-state index in [-0.39, 0.29) is 18.1 Å². The second-order valence-electron chi connectivity index (χ2n) is 6.09. The van der Waals surface area contributed by atoms with Gasteiger partial charge in [-0.1, -0.05) is 72.7 Å². The third-order valence-electron chi connectivity index (χ3n) is 4.11. The van der Waals surface area contributed by atoms with E-state index in [2.05, 4.69) is 15.5 Å². The maximum Gasteiger partial charge on any atom is 0.316 e. The first-order valence-electron chi connectivity index (χ1n) is 8.67. The van der Waals surface area contributed by atoms with Crippen molar-refractivity contribution in [2.24, 2.45) is 0 Å². The third-order valence-corrected chi connectivity index (χ3v) is 6.07. The fourth-order valence-electron chi connectivity index (χ4n) is 2.76. The summed E-state index contributed by atoms with van der Waals surface area (Å²) in [6.45, 7) is -0.242. The number of hydrogen-bond acceptors (Lipinski definition) is 8. The number of esters is 1. The Morgan fingerprint density at radius 3 is 2.69 bits per heavy atom. The van der Waals surface area contributed by atoms with Gasteiger partial charge in [0.2, 0.25) is 5.13 Å². The van der Waals surface area contributed by atoms with Crippen LogP contribution in [0.15, 0.2) is 34.7 Å². The van der Waals surface area contributed by atoms with Crippen LogP contribution in [0.5, 0.6) is 0 Å². The van der Waals surface area contributed by atoms with E-state index in [0.29, 0.717) is 11.6 Å². The molecule has 0 saturated heterocycles. The number of carbonyl (C=O) groups excluding carboxylic acids is 2. The van der Waals surface area contributed by atoms with Crippen LogP contribution in [0.4, 0.5) is 5.13 Å². The standard InChI is InChI=1S/C18H21N3O3S2/c22-15(13-7-3-1-4-8-13)11-24-16(23)12-25-18-21-20-17(26-18)19-14-9-5-2-6-10-14/h1,3-4,7-8,14H,2,5-6,9-12H2,(H,19,20). The third kappa shape index (κ3) is 5.81. The lowest BCUT2D eigenvalue weighted by molar-refractivity contribution is -0.139. The molecule has 1 aliphatic rings. The van der Waals surface area contributed by atoms with Gasteiger partial charge in [-0.05, 0) is 12.8 Å². The molecule has 3 rings (SSSR count). The van der Waals surface area contributed by atoms with Gasteiger partial charge in [-0.15, -0.1) is 10.2 Å². The normalized spacial score (nSPS) is 14.8. The molecule has 0 unspecified atom stereocenters. The SMILES string of the molecule is O=C(CSc1nnc(NC2CCCCC2)s1)OCC(=O)c1ccccc1. The fourth-order valence-corrected chi connectivity index (χ4v) is 4.39. The summed E-state index contributed by atoms with van der Waals surface area (Å²) in [5.41, 5.74) is 0.538. The zero-order valence-electron chi connectivity index (χ0n) is 14.3. The first-order valence-corrected chi connectivity index (χ1v) is 10.5. The van der Waals surface area contributed by atoms with Crippen LogP contribution in [0.3, 0.4) is 0 Å². The summed E-state index contributed by atoms with van der Waals surface area (Å²) in [7, 11) is 0. The molecule has 138 valence electrons. The molecule has 1 aromatic carbocycles. The number of Topliss-reactive ketones (excluding diaryl/α,β-unsaturated/α-hetero) is 1. The van der Waals surface area contributed by atoms with Gasteiger partial charge in [0.05, 0.1) is 5.75 Å². The number of thioether (sulfide) groups is 1. The summed E-state index contributed by atoms with van der Waals surface area (Å²) in [5.74, 6) is -0.532. The molecular formula is C18H21N3O3S2. The van der Waals surface area contributed by atoms with Gasteiger partial charge in [-0.2, -0.15) is 0 Å². The fraction of sp³-hybridized carbons (Fsp3) is 0.444. The van der Waals surface area contributed by atoms with Crippen molar-refractivity contribution in [1.29, 1.82) is 0 Å². The zero-order chi connectivity index (χ0) is 18.2. The summed E-state index contributed by atoms with van der Waals surface area (Å²) < 4.78 is 5.76. The Morgan fingerprint density at radius 2 is 1.92 bits per heavy atom. The number of benzene rings is 1. The molecule has 2 aromatic rings. The van der Waals surface area contributed by atoms with E-state index in [1.54, 1.807) is 24.3 Å². The van der Waals surface area contributed by atoms with Crippen LogP contribution >= 0.6 is 23.1 Å². The summed E-state index contributed by atoms with van der Waals surface area (Å²) in [6, 6.07) is 9.26. The number of rotatable bonds is 8. The number of ketones is 1. The van der Waals surface area contributed by atoms with Gasteiger partial charge in [-0.3, -0.25) is 9.59 Å². The lowest BCUT2D eigenvalue weighted by Gasteiger charge is -2.21. The molecule has 6 nitrogen and oxygen atoms in total. The summed E-state index contributed by atoms with van der Waals surface area (Å²) in [5, 5.41) is 12.4. The van der Waals surface area contributed by atoms with E-state index in [4.69, 9.17) is 4.74 Å². The van der Waals surface area contributed by atoms with Gasteiger partial charge in [0.1, 0.15) is 0 Å². The number of ether oxygens (including phenoxy) is 1. The van der Waals surface area contributed by atoms with Gasteiger partial charge < -0.3 is 10.1 Å². The predicted octanol–water partition coefficient (Wildman–Crippen LogP) is 3.80. The average molecular weight is 392 g/mol. The van der Waals surface area contributed by atoms with Crippen LogP contribution in [-0.2, 0) is 9.53 Å². The first kappa shape index (κ1) is 18.8. The van der Waals surface area contributed by atoms with E-state index < -0.39 is 5.97 Å². The number of hydrogen-bond donors (Lipinski definition) is 1. The molecule has 0 aliphatic heterocycles. The molecule has 1 aliphatic carbocycles. The van der Waals surface area contributed by atoms with E-state index in [1.807, 2.05) is 6.07 Å². The van der Waals surface area contributed by atoms with Crippen LogP contribution in [0.2, 0.25) is 0 Å². The Labute approximate surface area is 160 Å². The van der Waals surface area contributed by atoms with Crippen molar-refractivity contribution >= 4 is 40.0 Å². The lowest BCUT2D eigenvalue weighted by Crippen LogP contribution is -2.21.